The molecule has 0 amide bonds. The number of carbonyl (C=O) groups is 1. The fraction of sp³-hybridized carbons (Fsp3) is 0.409. The first-order valence-corrected chi connectivity index (χ1v) is 9.35. The van der Waals surface area contributed by atoms with Crippen molar-refractivity contribution in [2.75, 3.05) is 19.7 Å². The lowest BCUT2D eigenvalue weighted by atomic mass is 9.90. The molecule has 1 unspecified atom stereocenters. The Labute approximate surface area is 155 Å². The molecule has 26 heavy (non-hydrogen) atoms. The van der Waals surface area contributed by atoms with Crippen molar-refractivity contribution in [3.05, 3.63) is 65.2 Å². The van der Waals surface area contributed by atoms with E-state index in [4.69, 9.17) is 4.74 Å². The van der Waals surface area contributed by atoms with Gasteiger partial charge in [0.15, 0.2) is 0 Å². The van der Waals surface area contributed by atoms with Crippen LogP contribution in [0.1, 0.15) is 42.5 Å². The highest BCUT2D eigenvalue weighted by Gasteiger charge is 2.31. The van der Waals surface area contributed by atoms with Crippen molar-refractivity contribution in [1.29, 1.82) is 0 Å². The van der Waals surface area contributed by atoms with Gasteiger partial charge in [0.05, 0.1) is 18.6 Å². The second-order valence-corrected chi connectivity index (χ2v) is 6.94. The lowest BCUT2D eigenvalue weighted by Gasteiger charge is -2.37. The third kappa shape index (κ3) is 4.07. The smallest absolute Gasteiger partial charge is 0.306 e. The lowest BCUT2D eigenvalue weighted by Crippen LogP contribution is -2.39. The molecule has 0 aliphatic carbocycles. The molecular formula is C22H27NO3. The van der Waals surface area contributed by atoms with E-state index in [1.807, 2.05) is 25.1 Å². The molecule has 3 rings (SSSR count). The maximum atomic E-state index is 11.3. The first-order valence-electron chi connectivity index (χ1n) is 9.35. The van der Waals surface area contributed by atoms with Crippen molar-refractivity contribution in [2.45, 2.75) is 32.7 Å². The quantitative estimate of drug-likeness (QED) is 0.842. The van der Waals surface area contributed by atoms with E-state index in [0.717, 1.165) is 24.4 Å². The fourth-order valence-electron chi connectivity index (χ4n) is 3.83. The molecule has 0 radical (unpaired) electrons. The zero-order chi connectivity index (χ0) is 18.5. The van der Waals surface area contributed by atoms with Gasteiger partial charge in [0.1, 0.15) is 5.75 Å². The van der Waals surface area contributed by atoms with Crippen LogP contribution >= 0.6 is 0 Å². The van der Waals surface area contributed by atoms with Gasteiger partial charge in [0, 0.05) is 5.56 Å². The number of piperidine rings is 1. The van der Waals surface area contributed by atoms with Crippen molar-refractivity contribution in [1.82, 2.24) is 4.90 Å². The van der Waals surface area contributed by atoms with E-state index < -0.39 is 5.97 Å². The summed E-state index contributed by atoms with van der Waals surface area (Å²) in [5, 5.41) is 9.31. The molecular weight excluding hydrogens is 326 g/mol. The summed E-state index contributed by atoms with van der Waals surface area (Å²) < 4.78 is 5.90. The van der Waals surface area contributed by atoms with Gasteiger partial charge in [-0.2, -0.15) is 0 Å². The average Bonchev–Trinajstić information content (AvgIpc) is 2.64. The van der Waals surface area contributed by atoms with Crippen LogP contribution in [0, 0.1) is 12.8 Å². The number of hydrogen-bond donors (Lipinski definition) is 1. The van der Waals surface area contributed by atoms with E-state index in [0.29, 0.717) is 19.4 Å². The molecule has 4 nitrogen and oxygen atoms in total. The standard InChI is InChI=1S/C22H27NO3/c1-3-26-20-10-5-4-9-19(20)21(18-8-6-7-16(2)15-18)23-13-11-17(12-14-23)22(24)25/h4-10,15,17,21H,3,11-14H2,1-2H3,(H,24,25). The molecule has 1 aliphatic heterocycles. The number of para-hydroxylation sites is 1. The number of likely N-dealkylation sites (tertiary alicyclic amines) is 1. The number of hydrogen-bond acceptors (Lipinski definition) is 3. The molecule has 1 aliphatic rings. The number of benzene rings is 2. The van der Waals surface area contributed by atoms with E-state index in [9.17, 15) is 9.90 Å². The maximum Gasteiger partial charge on any atom is 0.306 e. The highest BCUT2D eigenvalue weighted by molar-refractivity contribution is 5.70. The summed E-state index contributed by atoms with van der Waals surface area (Å²) in [4.78, 5) is 13.7. The topological polar surface area (TPSA) is 49.8 Å². The second-order valence-electron chi connectivity index (χ2n) is 6.94. The Bertz CT molecular complexity index is 751. The second kappa shape index (κ2) is 8.37. The normalized spacial score (nSPS) is 17.0. The van der Waals surface area contributed by atoms with Crippen molar-refractivity contribution in [3.8, 4) is 5.75 Å². The number of aryl methyl sites for hydroxylation is 1. The maximum absolute atomic E-state index is 11.3. The van der Waals surface area contributed by atoms with Gasteiger partial charge < -0.3 is 9.84 Å². The Hall–Kier alpha value is -2.33. The number of rotatable bonds is 6. The molecule has 1 saturated heterocycles. The third-order valence-electron chi connectivity index (χ3n) is 5.12. The predicted octanol–water partition coefficient (Wildman–Crippen LogP) is 4.28. The molecule has 0 spiro atoms. The Balaban J connectivity index is 1.97. The van der Waals surface area contributed by atoms with Crippen LogP contribution in [0.15, 0.2) is 48.5 Å². The molecule has 4 heteroatoms. The van der Waals surface area contributed by atoms with Gasteiger partial charge in [-0.25, -0.2) is 0 Å². The minimum absolute atomic E-state index is 0.0763. The molecule has 0 bridgehead atoms. The SMILES string of the molecule is CCOc1ccccc1C(c1cccc(C)c1)N1CCC(C(=O)O)CC1. The molecule has 1 fully saturated rings. The van der Waals surface area contributed by atoms with Crippen LogP contribution < -0.4 is 4.74 Å². The molecule has 2 aromatic rings. The van der Waals surface area contributed by atoms with Crippen LogP contribution in [-0.2, 0) is 4.79 Å². The van der Waals surface area contributed by atoms with E-state index >= 15 is 0 Å². The Kier molecular flexibility index (Phi) is 5.94. The fourth-order valence-corrected chi connectivity index (χ4v) is 3.83. The van der Waals surface area contributed by atoms with Gasteiger partial charge in [-0.15, -0.1) is 0 Å². The van der Waals surface area contributed by atoms with Crippen molar-refractivity contribution in [3.63, 3.8) is 0 Å². The number of aliphatic carboxylic acids is 1. The Morgan fingerprint density at radius 1 is 1.19 bits per heavy atom. The summed E-state index contributed by atoms with van der Waals surface area (Å²) in [6.45, 7) is 6.27. The molecule has 138 valence electrons. The first kappa shape index (κ1) is 18.5. The molecule has 1 atom stereocenters. The van der Waals surface area contributed by atoms with Crippen LogP contribution in [0.25, 0.3) is 0 Å². The monoisotopic (exact) mass is 353 g/mol. The molecule has 2 aromatic carbocycles. The number of carboxylic acid groups (broad SMARTS) is 1. The summed E-state index contributed by atoms with van der Waals surface area (Å²) in [6.07, 6.45) is 1.38. The van der Waals surface area contributed by atoms with Crippen LogP contribution in [-0.4, -0.2) is 35.7 Å². The lowest BCUT2D eigenvalue weighted by molar-refractivity contribution is -0.143. The molecule has 1 N–H and O–H groups in total. The Morgan fingerprint density at radius 3 is 2.58 bits per heavy atom. The van der Waals surface area contributed by atoms with E-state index in [-0.39, 0.29) is 12.0 Å². The summed E-state index contributed by atoms with van der Waals surface area (Å²) >= 11 is 0. The summed E-state index contributed by atoms with van der Waals surface area (Å²) in [7, 11) is 0. The number of carboxylic acids is 1. The van der Waals surface area contributed by atoms with Crippen molar-refractivity contribution in [2.24, 2.45) is 5.92 Å². The predicted molar refractivity (Wildman–Crippen MR) is 103 cm³/mol. The van der Waals surface area contributed by atoms with E-state index in [2.05, 4.69) is 42.2 Å². The molecule has 0 aromatic heterocycles. The van der Waals surface area contributed by atoms with Gasteiger partial charge in [-0.1, -0.05) is 48.0 Å². The molecule has 1 heterocycles. The van der Waals surface area contributed by atoms with Crippen molar-refractivity contribution < 1.29 is 14.6 Å². The number of nitrogens with zero attached hydrogens (tertiary/aromatic N) is 1. The largest absolute Gasteiger partial charge is 0.494 e. The zero-order valence-electron chi connectivity index (χ0n) is 15.5. The van der Waals surface area contributed by atoms with Gasteiger partial charge in [0.25, 0.3) is 0 Å². The van der Waals surface area contributed by atoms with E-state index in [1.165, 1.54) is 11.1 Å². The van der Waals surface area contributed by atoms with Gasteiger partial charge in [0.2, 0.25) is 0 Å². The molecule has 0 saturated carbocycles. The van der Waals surface area contributed by atoms with E-state index in [1.54, 1.807) is 0 Å². The first-order chi connectivity index (χ1) is 12.6. The van der Waals surface area contributed by atoms with Crippen LogP contribution in [0.2, 0.25) is 0 Å². The van der Waals surface area contributed by atoms with Crippen molar-refractivity contribution >= 4 is 5.97 Å². The van der Waals surface area contributed by atoms with Gasteiger partial charge in [-0.3, -0.25) is 9.69 Å². The minimum atomic E-state index is -0.675. The highest BCUT2D eigenvalue weighted by atomic mass is 16.5. The summed E-state index contributed by atoms with van der Waals surface area (Å²) in [6, 6.07) is 16.8. The zero-order valence-corrected chi connectivity index (χ0v) is 15.5. The van der Waals surface area contributed by atoms with Crippen LogP contribution in [0.5, 0.6) is 5.75 Å². The average molecular weight is 353 g/mol. The minimum Gasteiger partial charge on any atom is -0.494 e. The van der Waals surface area contributed by atoms with Crippen LogP contribution in [0.3, 0.4) is 0 Å². The summed E-state index contributed by atoms with van der Waals surface area (Å²) in [5.74, 6) is -0.000110. The number of ether oxygens (including phenoxy) is 1. The van der Waals surface area contributed by atoms with Gasteiger partial charge in [-0.05, 0) is 51.4 Å². The van der Waals surface area contributed by atoms with Gasteiger partial charge >= 0.3 is 5.97 Å². The highest BCUT2D eigenvalue weighted by Crippen LogP contribution is 2.37. The van der Waals surface area contributed by atoms with Crippen LogP contribution in [0.4, 0.5) is 0 Å². The Morgan fingerprint density at radius 2 is 1.92 bits per heavy atom. The summed E-state index contributed by atoms with van der Waals surface area (Å²) in [5.41, 5.74) is 3.60. The third-order valence-corrected chi connectivity index (χ3v) is 5.12.